The number of pyridine rings is 1. The van der Waals surface area contributed by atoms with E-state index in [1.54, 1.807) is 17.5 Å². The largest absolute Gasteiger partial charge is 0.310 e. The number of piperidine rings is 1. The molecule has 4 rings (SSSR count). The van der Waals surface area contributed by atoms with Crippen molar-refractivity contribution >= 4 is 34.7 Å². The molecule has 7 heteroatoms. The highest BCUT2D eigenvalue weighted by Gasteiger charge is 2.25. The van der Waals surface area contributed by atoms with Crippen molar-refractivity contribution in [3.63, 3.8) is 0 Å². The molecule has 5 nitrogen and oxygen atoms in total. The lowest BCUT2D eigenvalue weighted by atomic mass is 9.96. The summed E-state index contributed by atoms with van der Waals surface area (Å²) in [5, 5.41) is 6.71. The fourth-order valence-electron chi connectivity index (χ4n) is 3.49. The van der Waals surface area contributed by atoms with Crippen molar-refractivity contribution in [3.8, 4) is 10.6 Å². The highest BCUT2D eigenvalue weighted by Crippen LogP contribution is 2.30. The van der Waals surface area contributed by atoms with Gasteiger partial charge < -0.3 is 5.32 Å². The lowest BCUT2D eigenvalue weighted by Gasteiger charge is -2.30. The molecule has 150 valence electrons. The molecule has 1 saturated heterocycles. The lowest BCUT2D eigenvalue weighted by Crippen LogP contribution is -2.37. The Morgan fingerprint density at radius 2 is 2.03 bits per heavy atom. The molecule has 0 spiro atoms. The van der Waals surface area contributed by atoms with Crippen LogP contribution in [0.15, 0.2) is 48.0 Å². The molecule has 2 aromatic heterocycles. The number of benzene rings is 1. The van der Waals surface area contributed by atoms with E-state index in [1.807, 2.05) is 43.3 Å². The Morgan fingerprint density at radius 3 is 2.76 bits per heavy atom. The Balaban J connectivity index is 1.29. The predicted octanol–water partition coefficient (Wildman–Crippen LogP) is 5.02. The molecule has 1 aromatic carbocycles. The van der Waals surface area contributed by atoms with Crippen LogP contribution in [0.5, 0.6) is 0 Å². The van der Waals surface area contributed by atoms with Crippen LogP contribution in [-0.2, 0) is 11.3 Å². The average Bonchev–Trinajstić information content (AvgIpc) is 3.19. The van der Waals surface area contributed by atoms with Crippen molar-refractivity contribution in [2.45, 2.75) is 26.3 Å². The molecule has 0 unspecified atom stereocenters. The van der Waals surface area contributed by atoms with Gasteiger partial charge in [0.1, 0.15) is 10.8 Å². The SMILES string of the molecule is Cc1ccc(NC(=O)C2CCN(Cc3csc(-c4ccccc4Cl)n3)CC2)nc1. The lowest BCUT2D eigenvalue weighted by molar-refractivity contribution is -0.121. The van der Waals surface area contributed by atoms with Gasteiger partial charge in [-0.15, -0.1) is 11.3 Å². The van der Waals surface area contributed by atoms with Gasteiger partial charge in [0.05, 0.1) is 10.7 Å². The van der Waals surface area contributed by atoms with Crippen molar-refractivity contribution in [2.24, 2.45) is 5.92 Å². The van der Waals surface area contributed by atoms with Crippen molar-refractivity contribution < 1.29 is 4.79 Å². The van der Waals surface area contributed by atoms with Crippen molar-refractivity contribution in [3.05, 3.63) is 64.3 Å². The summed E-state index contributed by atoms with van der Waals surface area (Å²) in [6, 6.07) is 11.6. The van der Waals surface area contributed by atoms with E-state index in [0.717, 1.165) is 59.3 Å². The fourth-order valence-corrected chi connectivity index (χ4v) is 4.62. The highest BCUT2D eigenvalue weighted by atomic mass is 35.5. The van der Waals surface area contributed by atoms with Crippen LogP contribution in [0.3, 0.4) is 0 Å². The van der Waals surface area contributed by atoms with Crippen LogP contribution in [0.4, 0.5) is 5.82 Å². The van der Waals surface area contributed by atoms with Gasteiger partial charge in [-0.05, 0) is 50.6 Å². The van der Waals surface area contributed by atoms with Crippen LogP contribution in [0.2, 0.25) is 5.02 Å². The number of hydrogen-bond acceptors (Lipinski definition) is 5. The molecule has 29 heavy (non-hydrogen) atoms. The number of rotatable bonds is 5. The summed E-state index contributed by atoms with van der Waals surface area (Å²) in [5.74, 6) is 0.719. The van der Waals surface area contributed by atoms with Crippen molar-refractivity contribution in [1.29, 1.82) is 0 Å². The number of aryl methyl sites for hydroxylation is 1. The van der Waals surface area contributed by atoms with E-state index in [4.69, 9.17) is 16.6 Å². The number of aromatic nitrogens is 2. The Hall–Kier alpha value is -2.28. The first-order valence-corrected chi connectivity index (χ1v) is 11.0. The summed E-state index contributed by atoms with van der Waals surface area (Å²) in [6.45, 7) is 4.56. The summed E-state index contributed by atoms with van der Waals surface area (Å²) in [4.78, 5) is 23.9. The maximum Gasteiger partial charge on any atom is 0.228 e. The van der Waals surface area contributed by atoms with Crippen LogP contribution < -0.4 is 5.32 Å². The number of amides is 1. The van der Waals surface area contributed by atoms with E-state index in [2.05, 4.69) is 20.6 Å². The second-order valence-electron chi connectivity index (χ2n) is 7.38. The van der Waals surface area contributed by atoms with Gasteiger partial charge in [-0.25, -0.2) is 9.97 Å². The normalized spacial score (nSPS) is 15.4. The second kappa shape index (κ2) is 9.03. The monoisotopic (exact) mass is 426 g/mol. The molecule has 1 aliphatic rings. The molecular weight excluding hydrogens is 404 g/mol. The number of carbonyl (C=O) groups is 1. The van der Waals surface area contributed by atoms with Crippen molar-refractivity contribution in [2.75, 3.05) is 18.4 Å². The third-order valence-corrected chi connectivity index (χ3v) is 6.42. The molecule has 3 aromatic rings. The smallest absolute Gasteiger partial charge is 0.228 e. The number of halogens is 1. The number of likely N-dealkylation sites (tertiary alicyclic amines) is 1. The van der Waals surface area contributed by atoms with Crippen LogP contribution in [0.1, 0.15) is 24.1 Å². The maximum absolute atomic E-state index is 12.5. The van der Waals surface area contributed by atoms with Gasteiger partial charge in [-0.2, -0.15) is 0 Å². The standard InChI is InChI=1S/C22H23ClN4OS/c1-15-6-7-20(24-12-15)26-21(28)16-8-10-27(11-9-16)13-17-14-29-22(25-17)18-4-2-3-5-19(18)23/h2-7,12,14,16H,8-11,13H2,1H3,(H,24,26,28). The highest BCUT2D eigenvalue weighted by molar-refractivity contribution is 7.13. The molecule has 0 radical (unpaired) electrons. The third-order valence-electron chi connectivity index (χ3n) is 5.16. The Kier molecular flexibility index (Phi) is 6.23. The number of hydrogen-bond donors (Lipinski definition) is 1. The zero-order valence-electron chi connectivity index (χ0n) is 16.3. The minimum Gasteiger partial charge on any atom is -0.310 e. The van der Waals surface area contributed by atoms with E-state index >= 15 is 0 Å². The van der Waals surface area contributed by atoms with Gasteiger partial charge in [0.2, 0.25) is 5.91 Å². The van der Waals surface area contributed by atoms with Gasteiger partial charge in [0.25, 0.3) is 0 Å². The molecule has 0 aliphatic carbocycles. The molecule has 1 aliphatic heterocycles. The van der Waals surface area contributed by atoms with Crippen LogP contribution >= 0.6 is 22.9 Å². The summed E-state index contributed by atoms with van der Waals surface area (Å²) in [5.41, 5.74) is 3.11. The molecule has 0 bridgehead atoms. The Morgan fingerprint density at radius 1 is 1.24 bits per heavy atom. The number of carbonyl (C=O) groups excluding carboxylic acids is 1. The molecule has 0 atom stereocenters. The number of nitrogens with zero attached hydrogens (tertiary/aromatic N) is 3. The van der Waals surface area contributed by atoms with Gasteiger partial charge >= 0.3 is 0 Å². The zero-order chi connectivity index (χ0) is 20.2. The minimum atomic E-state index is 0.0310. The van der Waals surface area contributed by atoms with Gasteiger partial charge in [-0.1, -0.05) is 35.9 Å². The molecule has 1 N–H and O–H groups in total. The van der Waals surface area contributed by atoms with E-state index in [0.29, 0.717) is 5.82 Å². The summed E-state index contributed by atoms with van der Waals surface area (Å²) in [6.07, 6.45) is 3.46. The third kappa shape index (κ3) is 5.01. The van der Waals surface area contributed by atoms with Crippen molar-refractivity contribution in [1.82, 2.24) is 14.9 Å². The molecule has 0 saturated carbocycles. The Labute approximate surface area is 179 Å². The van der Waals surface area contributed by atoms with Crippen LogP contribution in [0.25, 0.3) is 10.6 Å². The molecule has 3 heterocycles. The van der Waals surface area contributed by atoms with E-state index < -0.39 is 0 Å². The van der Waals surface area contributed by atoms with E-state index in [-0.39, 0.29) is 11.8 Å². The minimum absolute atomic E-state index is 0.0310. The maximum atomic E-state index is 12.5. The Bertz CT molecular complexity index is 980. The number of thiazole rings is 1. The zero-order valence-corrected chi connectivity index (χ0v) is 17.8. The average molecular weight is 427 g/mol. The first-order valence-electron chi connectivity index (χ1n) is 9.73. The molecular formula is C22H23ClN4OS. The number of nitrogens with one attached hydrogen (secondary N) is 1. The predicted molar refractivity (Wildman–Crippen MR) is 118 cm³/mol. The summed E-state index contributed by atoms with van der Waals surface area (Å²) >= 11 is 7.90. The fraction of sp³-hybridized carbons (Fsp3) is 0.318. The van der Waals surface area contributed by atoms with Gasteiger partial charge in [0.15, 0.2) is 0 Å². The second-order valence-corrected chi connectivity index (χ2v) is 8.65. The molecule has 1 fully saturated rings. The van der Waals surface area contributed by atoms with E-state index in [9.17, 15) is 4.79 Å². The van der Waals surface area contributed by atoms with Gasteiger partial charge in [-0.3, -0.25) is 9.69 Å². The first-order chi connectivity index (χ1) is 14.1. The van der Waals surface area contributed by atoms with Crippen LogP contribution in [0, 0.1) is 12.8 Å². The van der Waals surface area contributed by atoms with Gasteiger partial charge in [0, 0.05) is 29.6 Å². The number of anilines is 1. The topological polar surface area (TPSA) is 58.1 Å². The van der Waals surface area contributed by atoms with Crippen LogP contribution in [-0.4, -0.2) is 33.9 Å². The summed E-state index contributed by atoms with van der Waals surface area (Å²) < 4.78 is 0. The van der Waals surface area contributed by atoms with E-state index in [1.165, 1.54) is 0 Å². The molecule has 1 amide bonds. The first kappa shape index (κ1) is 20.0. The quantitative estimate of drug-likeness (QED) is 0.622. The summed E-state index contributed by atoms with van der Waals surface area (Å²) in [7, 11) is 0.